The number of hydrogen-bond acceptors (Lipinski definition) is 3. The van der Waals surface area contributed by atoms with Crippen LogP contribution in [0.25, 0.3) is 0 Å². The molecular weight excluding hydrogens is 258 g/mol. The molecule has 2 aromatic rings. The lowest BCUT2D eigenvalue weighted by atomic mass is 10.1. The van der Waals surface area contributed by atoms with Crippen LogP contribution < -0.4 is 9.67 Å². The van der Waals surface area contributed by atoms with Crippen molar-refractivity contribution in [3.05, 3.63) is 59.9 Å². The molecule has 0 radical (unpaired) electrons. The molecule has 1 aromatic carbocycles. The smallest absolute Gasteiger partial charge is 0.373 e. The van der Waals surface area contributed by atoms with E-state index in [9.17, 15) is 20.1 Å². The molecule has 5 nitrogen and oxygen atoms in total. The first kappa shape index (κ1) is 14.0. The van der Waals surface area contributed by atoms with Crippen LogP contribution in [-0.2, 0) is 17.8 Å². The largest absolute Gasteiger partial charge is 0.868 e. The highest BCUT2D eigenvalue weighted by molar-refractivity contribution is 5.70. The summed E-state index contributed by atoms with van der Waals surface area (Å²) in [4.78, 5) is 11.5. The summed E-state index contributed by atoms with van der Waals surface area (Å²) in [6.45, 7) is -0.321. The Morgan fingerprint density at radius 2 is 1.90 bits per heavy atom. The van der Waals surface area contributed by atoms with Gasteiger partial charge in [0.05, 0.1) is 0 Å². The Morgan fingerprint density at radius 1 is 1.20 bits per heavy atom. The summed E-state index contributed by atoms with van der Waals surface area (Å²) < 4.78 is 1.33. The Balaban J connectivity index is 2.38. The van der Waals surface area contributed by atoms with Gasteiger partial charge in [0.25, 0.3) is 6.04 Å². The predicted octanol–water partition coefficient (Wildman–Crippen LogP) is 0.408. The molecule has 5 heteroatoms. The van der Waals surface area contributed by atoms with Crippen LogP contribution in [0.1, 0.15) is 17.3 Å². The Hall–Kier alpha value is -2.40. The van der Waals surface area contributed by atoms with Gasteiger partial charge in [0.2, 0.25) is 5.69 Å². The van der Waals surface area contributed by atoms with Gasteiger partial charge in [-0.3, -0.25) is 0 Å². The van der Waals surface area contributed by atoms with Crippen LogP contribution in [-0.4, -0.2) is 16.2 Å². The molecule has 1 unspecified atom stereocenters. The fourth-order valence-electron chi connectivity index (χ4n) is 2.09. The summed E-state index contributed by atoms with van der Waals surface area (Å²) in [5.41, 5.74) is 1.25. The number of carboxylic acids is 1. The fraction of sp³-hybridized carbons (Fsp3) is 0.200. The first-order valence-corrected chi connectivity index (χ1v) is 6.20. The van der Waals surface area contributed by atoms with Crippen molar-refractivity contribution >= 4 is 5.97 Å². The molecule has 2 N–H and O–H groups in total. The molecular formula is C15H15NO4. The molecule has 0 amide bonds. The van der Waals surface area contributed by atoms with Crippen LogP contribution in [0, 0.1) is 0 Å². The zero-order valence-electron chi connectivity index (χ0n) is 10.8. The molecule has 104 valence electrons. The molecule has 1 atom stereocenters. The number of rotatable bonds is 5. The van der Waals surface area contributed by atoms with Crippen LogP contribution in [0.15, 0.2) is 48.7 Å². The summed E-state index contributed by atoms with van der Waals surface area (Å²) in [5.74, 6) is -1.33. The van der Waals surface area contributed by atoms with E-state index in [1.807, 2.05) is 30.3 Å². The van der Waals surface area contributed by atoms with Gasteiger partial charge >= 0.3 is 5.97 Å². The third-order valence-corrected chi connectivity index (χ3v) is 3.09. The molecule has 2 rings (SSSR count). The van der Waals surface area contributed by atoms with E-state index in [1.165, 1.54) is 22.9 Å². The van der Waals surface area contributed by atoms with Crippen LogP contribution in [0.4, 0.5) is 0 Å². The molecule has 1 aromatic heterocycles. The van der Waals surface area contributed by atoms with Crippen molar-refractivity contribution in [3.8, 4) is 5.75 Å². The number of hydrogen-bond donors (Lipinski definition) is 2. The van der Waals surface area contributed by atoms with E-state index in [0.29, 0.717) is 5.69 Å². The molecule has 0 saturated carbocycles. The van der Waals surface area contributed by atoms with Gasteiger partial charge in [-0.2, -0.15) is 4.57 Å². The average Bonchev–Trinajstić information content (AvgIpc) is 2.45. The highest BCUT2D eigenvalue weighted by Gasteiger charge is 2.29. The van der Waals surface area contributed by atoms with Crippen LogP contribution in [0.2, 0.25) is 0 Å². The lowest BCUT2D eigenvalue weighted by molar-refractivity contribution is -0.721. The zero-order chi connectivity index (χ0) is 14.5. The first-order chi connectivity index (χ1) is 9.61. The standard InChI is InChI=1S/C15H15NO4/c17-10-12-6-7-13(18)9-16(12)14(15(19)20)8-11-4-2-1-3-5-11/h1-7,9,14,17H,8,10H2,(H-,18,19,20). The number of pyridine rings is 1. The average molecular weight is 273 g/mol. The van der Waals surface area contributed by atoms with Gasteiger partial charge in [0, 0.05) is 12.5 Å². The highest BCUT2D eigenvalue weighted by Crippen LogP contribution is 2.12. The van der Waals surface area contributed by atoms with Crippen molar-refractivity contribution in [1.29, 1.82) is 0 Å². The fourth-order valence-corrected chi connectivity index (χ4v) is 2.09. The predicted molar refractivity (Wildman–Crippen MR) is 68.8 cm³/mol. The number of nitrogens with zero attached hydrogens (tertiary/aromatic N) is 1. The molecule has 0 aliphatic rings. The normalized spacial score (nSPS) is 12.1. The number of benzene rings is 1. The van der Waals surface area contributed by atoms with Crippen LogP contribution in [0.5, 0.6) is 5.75 Å². The van der Waals surface area contributed by atoms with Crippen molar-refractivity contribution in [2.24, 2.45) is 0 Å². The Kier molecular flexibility index (Phi) is 4.32. The topological polar surface area (TPSA) is 84.5 Å². The molecule has 0 bridgehead atoms. The first-order valence-electron chi connectivity index (χ1n) is 6.20. The van der Waals surface area contributed by atoms with Crippen LogP contribution in [0.3, 0.4) is 0 Å². The SMILES string of the molecule is O=C(O)C(Cc1ccccc1)[n+]1cc([O-])ccc1CO. The number of aliphatic hydroxyl groups excluding tert-OH is 1. The van der Waals surface area contributed by atoms with Crippen molar-refractivity contribution in [2.75, 3.05) is 0 Å². The van der Waals surface area contributed by atoms with E-state index in [4.69, 9.17) is 0 Å². The van der Waals surface area contributed by atoms with E-state index >= 15 is 0 Å². The second-order valence-corrected chi connectivity index (χ2v) is 4.47. The molecule has 0 spiro atoms. The van der Waals surface area contributed by atoms with E-state index in [-0.39, 0.29) is 18.8 Å². The van der Waals surface area contributed by atoms with Crippen molar-refractivity contribution < 1.29 is 24.7 Å². The molecule has 1 heterocycles. The Labute approximate surface area is 116 Å². The second-order valence-electron chi connectivity index (χ2n) is 4.47. The quantitative estimate of drug-likeness (QED) is 0.773. The van der Waals surface area contributed by atoms with Gasteiger partial charge in [0.15, 0.2) is 6.20 Å². The maximum absolute atomic E-state index is 11.5. The summed E-state index contributed by atoms with van der Waals surface area (Å²) in [7, 11) is 0. The summed E-state index contributed by atoms with van der Waals surface area (Å²) in [6, 6.07) is 11.0. The number of carboxylic acid groups (broad SMARTS) is 1. The molecule has 20 heavy (non-hydrogen) atoms. The van der Waals surface area contributed by atoms with Gasteiger partial charge in [0.1, 0.15) is 6.61 Å². The van der Waals surface area contributed by atoms with Gasteiger partial charge in [-0.15, -0.1) is 0 Å². The van der Waals surface area contributed by atoms with Crippen molar-refractivity contribution in [1.82, 2.24) is 0 Å². The number of aliphatic hydroxyl groups is 1. The summed E-state index contributed by atoms with van der Waals surface area (Å²) >= 11 is 0. The monoisotopic (exact) mass is 273 g/mol. The van der Waals surface area contributed by atoms with Gasteiger partial charge in [-0.05, 0) is 11.3 Å². The van der Waals surface area contributed by atoms with E-state index in [2.05, 4.69) is 0 Å². The van der Waals surface area contributed by atoms with E-state index in [1.54, 1.807) is 0 Å². The van der Waals surface area contributed by atoms with E-state index in [0.717, 1.165) is 5.56 Å². The Bertz CT molecular complexity index is 598. The highest BCUT2D eigenvalue weighted by atomic mass is 16.4. The van der Waals surface area contributed by atoms with Gasteiger partial charge < -0.3 is 15.3 Å². The van der Waals surface area contributed by atoms with E-state index < -0.39 is 12.0 Å². The number of carbonyl (C=O) groups is 1. The van der Waals surface area contributed by atoms with Crippen LogP contribution >= 0.6 is 0 Å². The summed E-state index contributed by atoms with van der Waals surface area (Å²) in [6.07, 6.45) is 1.46. The maximum atomic E-state index is 11.5. The lowest BCUT2D eigenvalue weighted by Gasteiger charge is -2.13. The number of aromatic nitrogens is 1. The molecule has 0 aliphatic carbocycles. The second kappa shape index (κ2) is 6.16. The summed E-state index contributed by atoms with van der Waals surface area (Å²) in [5, 5.41) is 30.1. The minimum absolute atomic E-state index is 0.247. The minimum atomic E-state index is -1.04. The molecule has 0 aliphatic heterocycles. The van der Waals surface area contributed by atoms with Crippen molar-refractivity contribution in [3.63, 3.8) is 0 Å². The third kappa shape index (κ3) is 3.13. The minimum Gasteiger partial charge on any atom is -0.868 e. The third-order valence-electron chi connectivity index (χ3n) is 3.09. The van der Waals surface area contributed by atoms with Crippen molar-refractivity contribution in [2.45, 2.75) is 19.1 Å². The number of aliphatic carboxylic acids is 1. The maximum Gasteiger partial charge on any atom is 0.373 e. The van der Waals surface area contributed by atoms with Gasteiger partial charge in [-0.1, -0.05) is 36.4 Å². The lowest BCUT2D eigenvalue weighted by Crippen LogP contribution is -2.48. The molecule has 0 fully saturated rings. The molecule has 0 saturated heterocycles. The Morgan fingerprint density at radius 3 is 2.50 bits per heavy atom. The van der Waals surface area contributed by atoms with Gasteiger partial charge in [-0.25, -0.2) is 4.79 Å². The zero-order valence-corrected chi connectivity index (χ0v) is 10.8.